The molecule has 2 nitrogen and oxygen atoms in total. The van der Waals surface area contributed by atoms with E-state index in [1.54, 1.807) is 0 Å². The molecule has 0 aliphatic rings. The predicted octanol–water partition coefficient (Wildman–Crippen LogP) is 3.50. The lowest BCUT2D eigenvalue weighted by Crippen LogP contribution is -2.03. The summed E-state index contributed by atoms with van der Waals surface area (Å²) in [4.78, 5) is 0. The van der Waals surface area contributed by atoms with Gasteiger partial charge in [0.15, 0.2) is 0 Å². The molecule has 0 saturated carbocycles. The van der Waals surface area contributed by atoms with Crippen LogP contribution in [-0.2, 0) is 0 Å². The van der Waals surface area contributed by atoms with Crippen LogP contribution in [0.4, 0.5) is 5.69 Å². The predicted molar refractivity (Wildman–Crippen MR) is 71.9 cm³/mol. The second-order valence-corrected chi connectivity index (χ2v) is 4.62. The first kappa shape index (κ1) is 12.9. The third kappa shape index (κ3) is 4.59. The zero-order valence-corrected chi connectivity index (χ0v) is 10.5. The van der Waals surface area contributed by atoms with Crippen LogP contribution in [0.2, 0.25) is 0 Å². The Bertz CT molecular complexity index is 344. The summed E-state index contributed by atoms with van der Waals surface area (Å²) in [7, 11) is 0. The van der Waals surface area contributed by atoms with Crippen LogP contribution in [0, 0.1) is 11.3 Å². The zero-order valence-electron chi connectivity index (χ0n) is 9.70. The minimum absolute atomic E-state index is 0.728. The van der Waals surface area contributed by atoms with Gasteiger partial charge < -0.3 is 5.32 Å². The Balaban J connectivity index is 2.24. The number of unbranched alkanes of at least 4 members (excludes halogenated alkanes) is 2. The van der Waals surface area contributed by atoms with Crippen molar-refractivity contribution in [3.05, 3.63) is 29.8 Å². The van der Waals surface area contributed by atoms with Crippen LogP contribution in [0.1, 0.15) is 24.8 Å². The van der Waals surface area contributed by atoms with Gasteiger partial charge in [-0.15, -0.1) is 0 Å². The summed E-state index contributed by atoms with van der Waals surface area (Å²) in [6, 6.07) is 9.84. The Hall–Kier alpha value is -1.14. The van der Waals surface area contributed by atoms with Crippen molar-refractivity contribution in [3.63, 3.8) is 0 Å². The minimum atomic E-state index is 0.728. The van der Waals surface area contributed by atoms with Gasteiger partial charge in [0.1, 0.15) is 6.07 Å². The van der Waals surface area contributed by atoms with Gasteiger partial charge in [-0.3, -0.25) is 0 Å². The molecule has 0 atom stereocenters. The molecule has 0 spiro atoms. The van der Waals surface area contributed by atoms with Crippen LogP contribution >= 0.6 is 11.8 Å². The van der Waals surface area contributed by atoms with E-state index in [2.05, 4.69) is 17.6 Å². The van der Waals surface area contributed by atoms with E-state index in [0.717, 1.165) is 17.8 Å². The van der Waals surface area contributed by atoms with Crippen LogP contribution < -0.4 is 5.32 Å². The van der Waals surface area contributed by atoms with Crippen molar-refractivity contribution in [2.75, 3.05) is 23.9 Å². The second kappa shape index (κ2) is 8.06. The van der Waals surface area contributed by atoms with Crippen LogP contribution in [0.3, 0.4) is 0 Å². The van der Waals surface area contributed by atoms with E-state index in [0.29, 0.717) is 0 Å². The Morgan fingerprint density at radius 3 is 2.81 bits per heavy atom. The van der Waals surface area contributed by atoms with Crippen molar-refractivity contribution in [2.45, 2.75) is 19.3 Å². The standard InChI is InChI=1S/C13H18N2S/c1-16-10-6-2-5-9-15-13-8-4-3-7-12(13)11-14/h3-4,7-8,15H,2,5-6,9-10H2,1H3. The number of rotatable bonds is 7. The fourth-order valence-electron chi connectivity index (χ4n) is 1.51. The normalized spacial score (nSPS) is 9.75. The number of hydrogen-bond donors (Lipinski definition) is 1. The smallest absolute Gasteiger partial charge is 0.101 e. The molecule has 0 aromatic heterocycles. The molecule has 0 aliphatic heterocycles. The summed E-state index contributed by atoms with van der Waals surface area (Å²) in [6.07, 6.45) is 5.84. The Morgan fingerprint density at radius 1 is 1.25 bits per heavy atom. The molecule has 0 radical (unpaired) electrons. The molecule has 1 N–H and O–H groups in total. The molecule has 16 heavy (non-hydrogen) atoms. The molecule has 1 aromatic rings. The lowest BCUT2D eigenvalue weighted by Gasteiger charge is -2.07. The number of anilines is 1. The highest BCUT2D eigenvalue weighted by molar-refractivity contribution is 7.98. The maximum absolute atomic E-state index is 8.90. The van der Waals surface area contributed by atoms with Gasteiger partial charge in [0.2, 0.25) is 0 Å². The fourth-order valence-corrected chi connectivity index (χ4v) is 2.00. The molecule has 0 fully saturated rings. The van der Waals surface area contributed by atoms with Crippen molar-refractivity contribution in [3.8, 4) is 6.07 Å². The van der Waals surface area contributed by atoms with E-state index >= 15 is 0 Å². The Kier molecular flexibility index (Phi) is 6.52. The Morgan fingerprint density at radius 2 is 2.06 bits per heavy atom. The fraction of sp³-hybridized carbons (Fsp3) is 0.462. The third-order valence-electron chi connectivity index (χ3n) is 2.39. The van der Waals surface area contributed by atoms with Crippen molar-refractivity contribution in [1.29, 1.82) is 5.26 Å². The first-order valence-electron chi connectivity index (χ1n) is 5.60. The van der Waals surface area contributed by atoms with Gasteiger partial charge in [-0.2, -0.15) is 17.0 Å². The quantitative estimate of drug-likeness (QED) is 0.733. The van der Waals surface area contributed by atoms with Crippen LogP contribution in [-0.4, -0.2) is 18.6 Å². The summed E-state index contributed by atoms with van der Waals surface area (Å²) in [6.45, 7) is 0.951. The molecule has 1 aromatic carbocycles. The van der Waals surface area contributed by atoms with Gasteiger partial charge in [0.25, 0.3) is 0 Å². The maximum atomic E-state index is 8.90. The number of benzene rings is 1. The van der Waals surface area contributed by atoms with Crippen LogP contribution in [0.5, 0.6) is 0 Å². The molecule has 86 valence electrons. The van der Waals surface area contributed by atoms with E-state index in [1.807, 2.05) is 36.0 Å². The summed E-state index contributed by atoms with van der Waals surface area (Å²) < 4.78 is 0. The van der Waals surface area contributed by atoms with Crippen LogP contribution in [0.25, 0.3) is 0 Å². The van der Waals surface area contributed by atoms with Gasteiger partial charge in [-0.1, -0.05) is 18.6 Å². The summed E-state index contributed by atoms with van der Waals surface area (Å²) in [5, 5.41) is 12.2. The molecule has 0 saturated heterocycles. The van der Waals surface area contributed by atoms with E-state index in [-0.39, 0.29) is 0 Å². The highest BCUT2D eigenvalue weighted by Gasteiger charge is 1.98. The van der Waals surface area contributed by atoms with E-state index in [9.17, 15) is 0 Å². The van der Waals surface area contributed by atoms with Gasteiger partial charge >= 0.3 is 0 Å². The molecular weight excluding hydrogens is 216 g/mol. The minimum Gasteiger partial charge on any atom is -0.384 e. The summed E-state index contributed by atoms with van der Waals surface area (Å²) in [5.74, 6) is 1.24. The second-order valence-electron chi connectivity index (χ2n) is 3.64. The average Bonchev–Trinajstić information content (AvgIpc) is 2.34. The highest BCUT2D eigenvalue weighted by Crippen LogP contribution is 2.13. The van der Waals surface area contributed by atoms with E-state index in [4.69, 9.17) is 5.26 Å². The largest absolute Gasteiger partial charge is 0.384 e. The van der Waals surface area contributed by atoms with Crippen molar-refractivity contribution < 1.29 is 0 Å². The van der Waals surface area contributed by atoms with Gasteiger partial charge in [-0.25, -0.2) is 0 Å². The number of para-hydroxylation sites is 1. The maximum Gasteiger partial charge on any atom is 0.101 e. The van der Waals surface area contributed by atoms with Gasteiger partial charge in [0.05, 0.1) is 11.3 Å². The number of nitrogens with one attached hydrogen (secondary N) is 1. The number of thioether (sulfide) groups is 1. The summed E-state index contributed by atoms with van der Waals surface area (Å²) >= 11 is 1.90. The van der Waals surface area contributed by atoms with Gasteiger partial charge in [0, 0.05) is 6.54 Å². The molecular formula is C13H18N2S. The molecule has 3 heteroatoms. The van der Waals surface area contributed by atoms with Crippen molar-refractivity contribution in [2.24, 2.45) is 0 Å². The topological polar surface area (TPSA) is 35.8 Å². The zero-order chi connectivity index (χ0) is 11.6. The average molecular weight is 234 g/mol. The first-order valence-corrected chi connectivity index (χ1v) is 7.00. The SMILES string of the molecule is CSCCCCCNc1ccccc1C#N. The molecule has 0 amide bonds. The molecule has 0 bridgehead atoms. The highest BCUT2D eigenvalue weighted by atomic mass is 32.2. The number of nitriles is 1. The molecule has 0 aliphatic carbocycles. The molecule has 1 rings (SSSR count). The van der Waals surface area contributed by atoms with Crippen molar-refractivity contribution >= 4 is 17.4 Å². The first-order chi connectivity index (χ1) is 7.88. The van der Waals surface area contributed by atoms with Crippen LogP contribution in [0.15, 0.2) is 24.3 Å². The lowest BCUT2D eigenvalue weighted by atomic mass is 10.2. The van der Waals surface area contributed by atoms with E-state index in [1.165, 1.54) is 25.0 Å². The molecule has 0 heterocycles. The third-order valence-corrected chi connectivity index (χ3v) is 3.09. The lowest BCUT2D eigenvalue weighted by molar-refractivity contribution is 0.749. The number of hydrogen-bond acceptors (Lipinski definition) is 3. The van der Waals surface area contributed by atoms with E-state index < -0.39 is 0 Å². The number of nitrogens with zero attached hydrogens (tertiary/aromatic N) is 1. The van der Waals surface area contributed by atoms with Crippen molar-refractivity contribution in [1.82, 2.24) is 0 Å². The molecule has 0 unspecified atom stereocenters. The summed E-state index contributed by atoms with van der Waals surface area (Å²) in [5.41, 5.74) is 1.68. The monoisotopic (exact) mass is 234 g/mol. The van der Waals surface area contributed by atoms with Gasteiger partial charge in [-0.05, 0) is 37.0 Å². The Labute approximate surface area is 102 Å².